The van der Waals surface area contributed by atoms with Crippen molar-refractivity contribution in [1.82, 2.24) is 5.32 Å². The van der Waals surface area contributed by atoms with Crippen LogP contribution in [0.4, 0.5) is 0 Å². The Morgan fingerprint density at radius 2 is 1.86 bits per heavy atom. The predicted octanol–water partition coefficient (Wildman–Crippen LogP) is 1.48. The van der Waals surface area contributed by atoms with Gasteiger partial charge in [-0.1, -0.05) is 5.16 Å². The Hall–Kier alpha value is -1.85. The molecule has 0 aromatic heterocycles. The Kier molecular flexibility index (Phi) is 11.5. The first kappa shape index (κ1) is 24.2. The van der Waals surface area contributed by atoms with Crippen LogP contribution in [0.15, 0.2) is 31.2 Å². The third kappa shape index (κ3) is 8.89. The number of nitrogens with one attached hydrogen (secondary N) is 1. The van der Waals surface area contributed by atoms with Gasteiger partial charge in [0, 0.05) is 19.5 Å². The van der Waals surface area contributed by atoms with Crippen molar-refractivity contribution in [3.05, 3.63) is 26.6 Å². The first-order valence-corrected chi connectivity index (χ1v) is 10.3. The third-order valence-corrected chi connectivity index (χ3v) is 4.75. The minimum absolute atomic E-state index is 0.0137. The highest BCUT2D eigenvalue weighted by molar-refractivity contribution is 9.11. The molecule has 11 heteroatoms. The van der Waals surface area contributed by atoms with E-state index in [4.69, 9.17) is 21.9 Å². The summed E-state index contributed by atoms with van der Waals surface area (Å²) in [6, 6.07) is 3.63. The number of guanidine groups is 1. The van der Waals surface area contributed by atoms with E-state index in [0.717, 1.165) is 27.4 Å². The number of unbranched alkanes of at least 4 members (excludes halogenated alkanes) is 1. The van der Waals surface area contributed by atoms with Crippen molar-refractivity contribution in [2.75, 3.05) is 26.2 Å². The topological polar surface area (TPSA) is 161 Å². The molecule has 28 heavy (non-hydrogen) atoms. The van der Waals surface area contributed by atoms with Gasteiger partial charge in [-0.15, -0.1) is 0 Å². The summed E-state index contributed by atoms with van der Waals surface area (Å²) in [5.41, 5.74) is 16.7. The zero-order valence-corrected chi connectivity index (χ0v) is 18.6. The fourth-order valence-electron chi connectivity index (χ4n) is 2.21. The van der Waals surface area contributed by atoms with Crippen molar-refractivity contribution >= 4 is 49.4 Å². The number of ether oxygens (including phenoxy) is 1. The van der Waals surface area contributed by atoms with Crippen molar-refractivity contribution in [3.63, 3.8) is 0 Å². The average Bonchev–Trinajstić information content (AvgIpc) is 2.64. The number of rotatable bonds is 12. The summed E-state index contributed by atoms with van der Waals surface area (Å²) < 4.78 is 7.14. The third-order valence-electron chi connectivity index (χ3n) is 3.57. The molecule has 0 aliphatic heterocycles. The molecule has 8 N–H and O–H groups in total. The van der Waals surface area contributed by atoms with Crippen LogP contribution in [-0.2, 0) is 11.2 Å². The number of oxime groups is 1. The van der Waals surface area contributed by atoms with Crippen LogP contribution in [0.5, 0.6) is 5.75 Å². The van der Waals surface area contributed by atoms with Crippen LogP contribution >= 0.6 is 31.9 Å². The Morgan fingerprint density at radius 3 is 2.43 bits per heavy atom. The lowest BCUT2D eigenvalue weighted by Crippen LogP contribution is -2.33. The molecule has 0 aliphatic carbocycles. The van der Waals surface area contributed by atoms with Gasteiger partial charge in [0.2, 0.25) is 0 Å². The van der Waals surface area contributed by atoms with Crippen LogP contribution in [0.3, 0.4) is 0 Å². The number of hydrogen-bond acceptors (Lipinski definition) is 6. The van der Waals surface area contributed by atoms with Crippen molar-refractivity contribution < 1.29 is 14.7 Å². The molecule has 1 rings (SSSR count). The summed E-state index contributed by atoms with van der Waals surface area (Å²) in [6.45, 7) is 1.98. The first-order valence-electron chi connectivity index (χ1n) is 8.74. The highest BCUT2D eigenvalue weighted by Crippen LogP contribution is 2.35. The molecule has 1 amide bonds. The molecular weight excluding hydrogens is 496 g/mol. The number of carbonyl (C=O) groups is 1. The zero-order valence-electron chi connectivity index (χ0n) is 15.5. The van der Waals surface area contributed by atoms with Gasteiger partial charge in [-0.25, -0.2) is 0 Å². The van der Waals surface area contributed by atoms with Crippen molar-refractivity contribution in [2.45, 2.75) is 25.7 Å². The molecule has 0 radical (unpaired) electrons. The second-order valence-electron chi connectivity index (χ2n) is 5.87. The van der Waals surface area contributed by atoms with E-state index in [1.54, 1.807) is 0 Å². The lowest BCUT2D eigenvalue weighted by molar-refractivity contribution is -0.115. The maximum Gasteiger partial charge on any atom is 0.269 e. The van der Waals surface area contributed by atoms with Gasteiger partial charge in [0.25, 0.3) is 5.91 Å². The number of aliphatic imine (C=N–C) groups is 1. The fourth-order valence-corrected chi connectivity index (χ4v) is 3.72. The van der Waals surface area contributed by atoms with Crippen LogP contribution in [-0.4, -0.2) is 49.0 Å². The Morgan fingerprint density at radius 1 is 1.18 bits per heavy atom. The summed E-state index contributed by atoms with van der Waals surface area (Å²) >= 11 is 6.91. The van der Waals surface area contributed by atoms with E-state index in [-0.39, 0.29) is 18.1 Å². The van der Waals surface area contributed by atoms with Crippen LogP contribution < -0.4 is 27.3 Å². The number of hydrogen-bond donors (Lipinski definition) is 5. The predicted molar refractivity (Wildman–Crippen MR) is 117 cm³/mol. The first-order chi connectivity index (χ1) is 13.4. The van der Waals surface area contributed by atoms with Gasteiger partial charge in [-0.3, -0.25) is 9.79 Å². The van der Waals surface area contributed by atoms with E-state index in [2.05, 4.69) is 47.3 Å². The minimum atomic E-state index is -0.431. The normalized spacial score (nSPS) is 11.2. The van der Waals surface area contributed by atoms with Crippen molar-refractivity contribution in [2.24, 2.45) is 27.3 Å². The summed E-state index contributed by atoms with van der Waals surface area (Å²) in [5.74, 6) is 0.275. The summed E-state index contributed by atoms with van der Waals surface area (Å²) in [4.78, 5) is 16.1. The van der Waals surface area contributed by atoms with E-state index < -0.39 is 5.91 Å². The van der Waals surface area contributed by atoms with E-state index in [1.807, 2.05) is 12.1 Å². The molecular formula is C17H26Br2N6O3. The maximum absolute atomic E-state index is 12.2. The molecule has 9 nitrogen and oxygen atoms in total. The van der Waals surface area contributed by atoms with E-state index in [1.165, 1.54) is 0 Å². The highest BCUT2D eigenvalue weighted by Gasteiger charge is 2.15. The standard InChI is InChI=1S/C17H26Br2N6O3/c18-12-8-11(9-13(19)15(12)28-7-3-4-20)10-14(25-27)16(26)23-5-1-2-6-24-17(21)22/h8-9,27H,1-7,10,20H2,(H,23,26)(H4,21,22,24)/b25-14+. The summed E-state index contributed by atoms with van der Waals surface area (Å²) in [7, 11) is 0. The SMILES string of the molecule is NCCCOc1c(Br)cc(C/C(=N\O)C(=O)NCCCCN=C(N)N)cc1Br. The molecule has 0 aliphatic rings. The van der Waals surface area contributed by atoms with Crippen LogP contribution in [0, 0.1) is 0 Å². The van der Waals surface area contributed by atoms with Crippen LogP contribution in [0.25, 0.3) is 0 Å². The number of benzene rings is 1. The Labute approximate surface area is 181 Å². The lowest BCUT2D eigenvalue weighted by atomic mass is 10.1. The summed E-state index contributed by atoms with van der Waals surface area (Å²) in [6.07, 6.45) is 2.34. The van der Waals surface area contributed by atoms with E-state index in [9.17, 15) is 10.0 Å². The smallest absolute Gasteiger partial charge is 0.269 e. The number of halogens is 2. The number of nitrogens with zero attached hydrogens (tertiary/aromatic N) is 2. The second-order valence-corrected chi connectivity index (χ2v) is 7.58. The van der Waals surface area contributed by atoms with Gasteiger partial charge in [0.05, 0.1) is 15.6 Å². The molecule has 0 heterocycles. The molecule has 0 saturated heterocycles. The van der Waals surface area contributed by atoms with Gasteiger partial charge in [-0.2, -0.15) is 0 Å². The molecule has 0 fully saturated rings. The average molecular weight is 522 g/mol. The monoisotopic (exact) mass is 520 g/mol. The molecule has 0 spiro atoms. The number of nitrogens with two attached hydrogens (primary N) is 3. The fraction of sp³-hybridized carbons (Fsp3) is 0.471. The zero-order chi connectivity index (χ0) is 20.9. The minimum Gasteiger partial charge on any atom is -0.491 e. The lowest BCUT2D eigenvalue weighted by Gasteiger charge is -2.12. The molecule has 1 aromatic carbocycles. The molecule has 156 valence electrons. The highest BCUT2D eigenvalue weighted by atomic mass is 79.9. The van der Waals surface area contributed by atoms with Gasteiger partial charge >= 0.3 is 0 Å². The maximum atomic E-state index is 12.2. The largest absolute Gasteiger partial charge is 0.491 e. The summed E-state index contributed by atoms with van der Waals surface area (Å²) in [5, 5.41) is 15.1. The molecule has 0 bridgehead atoms. The van der Waals surface area contributed by atoms with Crippen molar-refractivity contribution in [3.8, 4) is 5.75 Å². The molecule has 1 aromatic rings. The van der Waals surface area contributed by atoms with E-state index in [0.29, 0.717) is 38.4 Å². The van der Waals surface area contributed by atoms with E-state index >= 15 is 0 Å². The Balaban J connectivity index is 2.59. The second kappa shape index (κ2) is 13.3. The van der Waals surface area contributed by atoms with Crippen LogP contribution in [0.2, 0.25) is 0 Å². The molecule has 0 atom stereocenters. The van der Waals surface area contributed by atoms with Crippen molar-refractivity contribution in [1.29, 1.82) is 0 Å². The van der Waals surface area contributed by atoms with Gasteiger partial charge in [0.15, 0.2) is 5.96 Å². The quantitative estimate of drug-likeness (QED) is 0.0919. The molecule has 0 unspecified atom stereocenters. The Bertz CT molecular complexity index is 685. The number of amides is 1. The number of carbonyl (C=O) groups excluding carboxylic acids is 1. The van der Waals surface area contributed by atoms with Gasteiger partial charge < -0.3 is 32.5 Å². The van der Waals surface area contributed by atoms with Crippen LogP contribution in [0.1, 0.15) is 24.8 Å². The molecule has 0 saturated carbocycles. The van der Waals surface area contributed by atoms with Gasteiger partial charge in [-0.05, 0) is 75.4 Å². The van der Waals surface area contributed by atoms with Gasteiger partial charge in [0.1, 0.15) is 11.5 Å².